The largest absolute Gasteiger partial charge is 0.338 e. The van der Waals surface area contributed by atoms with Crippen LogP contribution >= 0.6 is 12.4 Å². The Labute approximate surface area is 160 Å². The molecule has 2 N–H and O–H groups in total. The molecule has 1 heterocycles. The summed E-state index contributed by atoms with van der Waals surface area (Å²) in [5, 5.41) is 3.04. The first-order valence-corrected chi connectivity index (χ1v) is 8.94. The number of rotatable bonds is 6. The number of H-pyrrole nitrogens is 1. The number of aromatic amines is 1. The molecule has 138 valence electrons. The fraction of sp³-hybridized carbons (Fsp3) is 0.333. The van der Waals surface area contributed by atoms with Gasteiger partial charge in [-0.15, -0.1) is 12.4 Å². The van der Waals surface area contributed by atoms with Crippen molar-refractivity contribution in [2.45, 2.75) is 46.5 Å². The van der Waals surface area contributed by atoms with Crippen molar-refractivity contribution >= 4 is 35.0 Å². The first-order valence-electron chi connectivity index (χ1n) is 8.94. The quantitative estimate of drug-likeness (QED) is 0.539. The van der Waals surface area contributed by atoms with Gasteiger partial charge in [0.2, 0.25) is 5.91 Å². The van der Waals surface area contributed by atoms with Crippen molar-refractivity contribution in [3.8, 4) is 11.4 Å². The zero-order chi connectivity index (χ0) is 17.8. The minimum atomic E-state index is 0. The Kier molecular flexibility index (Phi) is 6.81. The molecule has 0 bridgehead atoms. The van der Waals surface area contributed by atoms with Crippen LogP contribution in [0.4, 0.5) is 5.69 Å². The summed E-state index contributed by atoms with van der Waals surface area (Å²) >= 11 is 0. The number of imidazole rings is 1. The van der Waals surface area contributed by atoms with Gasteiger partial charge in [0.25, 0.3) is 0 Å². The van der Waals surface area contributed by atoms with Crippen molar-refractivity contribution in [3.05, 3.63) is 47.5 Å². The van der Waals surface area contributed by atoms with Gasteiger partial charge in [0.1, 0.15) is 5.82 Å². The van der Waals surface area contributed by atoms with Crippen LogP contribution < -0.4 is 5.32 Å². The number of hydrogen-bond donors (Lipinski definition) is 2. The first-order chi connectivity index (χ1) is 12.1. The molecule has 0 unspecified atom stereocenters. The summed E-state index contributed by atoms with van der Waals surface area (Å²) in [5.41, 5.74) is 6.07. The molecule has 0 aliphatic carbocycles. The molecule has 2 aromatic carbocycles. The second kappa shape index (κ2) is 8.86. The Balaban J connectivity index is 0.00000243. The average molecular weight is 372 g/mol. The molecule has 0 atom stereocenters. The minimum absolute atomic E-state index is 0. The molecule has 1 amide bonds. The number of amides is 1. The van der Waals surface area contributed by atoms with Gasteiger partial charge in [0.05, 0.1) is 11.0 Å². The summed E-state index contributed by atoms with van der Waals surface area (Å²) in [5.74, 6) is 0.899. The molecule has 0 aliphatic heterocycles. The Bertz CT molecular complexity index is 901. The fourth-order valence-corrected chi connectivity index (χ4v) is 2.91. The van der Waals surface area contributed by atoms with Crippen LogP contribution in [0.5, 0.6) is 0 Å². The Morgan fingerprint density at radius 2 is 1.92 bits per heavy atom. The van der Waals surface area contributed by atoms with Gasteiger partial charge in [-0.25, -0.2) is 4.98 Å². The number of halogens is 1. The summed E-state index contributed by atoms with van der Waals surface area (Å²) < 4.78 is 0. The highest BCUT2D eigenvalue weighted by Crippen LogP contribution is 2.26. The number of unbranched alkanes of at least 4 members (excludes halogenated alkanes) is 2. The lowest BCUT2D eigenvalue weighted by Crippen LogP contribution is -2.12. The molecule has 26 heavy (non-hydrogen) atoms. The maximum absolute atomic E-state index is 12.1. The second-order valence-electron chi connectivity index (χ2n) is 6.64. The lowest BCUT2D eigenvalue weighted by molar-refractivity contribution is -0.116. The summed E-state index contributed by atoms with van der Waals surface area (Å²) in [6, 6.07) is 12.2. The summed E-state index contributed by atoms with van der Waals surface area (Å²) in [6.07, 6.45) is 3.71. The average Bonchev–Trinajstić information content (AvgIpc) is 3.00. The Morgan fingerprint density at radius 1 is 1.12 bits per heavy atom. The molecule has 0 radical (unpaired) electrons. The highest BCUT2D eigenvalue weighted by atomic mass is 35.5. The van der Waals surface area contributed by atoms with Gasteiger partial charge in [-0.05, 0) is 49.6 Å². The molecule has 0 saturated carbocycles. The van der Waals surface area contributed by atoms with E-state index in [4.69, 9.17) is 0 Å². The van der Waals surface area contributed by atoms with Crippen molar-refractivity contribution in [1.29, 1.82) is 0 Å². The lowest BCUT2D eigenvalue weighted by atomic mass is 10.1. The van der Waals surface area contributed by atoms with E-state index in [9.17, 15) is 4.79 Å². The van der Waals surface area contributed by atoms with Gasteiger partial charge >= 0.3 is 0 Å². The number of hydrogen-bond acceptors (Lipinski definition) is 2. The van der Waals surface area contributed by atoms with E-state index in [0.717, 1.165) is 52.9 Å². The molecule has 0 aliphatic rings. The molecular formula is C21H26ClN3O. The number of anilines is 1. The molecule has 0 fully saturated rings. The van der Waals surface area contributed by atoms with Crippen LogP contribution in [0, 0.1) is 13.8 Å². The molecule has 1 aromatic heterocycles. The number of nitrogens with zero attached hydrogens (tertiary/aromatic N) is 1. The van der Waals surface area contributed by atoms with Crippen molar-refractivity contribution < 1.29 is 4.79 Å². The van der Waals surface area contributed by atoms with Crippen molar-refractivity contribution in [2.24, 2.45) is 0 Å². The number of nitrogens with one attached hydrogen (secondary N) is 2. The Morgan fingerprint density at radius 3 is 2.69 bits per heavy atom. The van der Waals surface area contributed by atoms with Gasteiger partial charge < -0.3 is 10.3 Å². The van der Waals surface area contributed by atoms with Crippen LogP contribution in [-0.2, 0) is 4.79 Å². The molecule has 4 nitrogen and oxygen atoms in total. The molecule has 5 heteroatoms. The topological polar surface area (TPSA) is 57.8 Å². The monoisotopic (exact) mass is 371 g/mol. The number of aromatic nitrogens is 2. The highest BCUT2D eigenvalue weighted by molar-refractivity contribution is 5.92. The van der Waals surface area contributed by atoms with Crippen LogP contribution in [0.15, 0.2) is 36.4 Å². The van der Waals surface area contributed by atoms with Crippen molar-refractivity contribution in [2.75, 3.05) is 5.32 Å². The normalized spacial score (nSPS) is 10.6. The first kappa shape index (κ1) is 20.0. The standard InChI is InChI=1S/C21H25N3O.ClH/c1-4-5-6-7-20(25)22-18-13-16(10-9-15(18)3)21-23-17-11-8-14(2)12-19(17)24-21;/h8-13H,4-7H2,1-3H3,(H,22,25)(H,23,24);1H. The van der Waals surface area contributed by atoms with E-state index >= 15 is 0 Å². The predicted octanol–water partition coefficient (Wildman–Crippen LogP) is 5.79. The zero-order valence-corrected chi connectivity index (χ0v) is 16.4. The lowest BCUT2D eigenvalue weighted by Gasteiger charge is -2.10. The summed E-state index contributed by atoms with van der Waals surface area (Å²) in [6.45, 7) is 6.21. The molecule has 3 rings (SSSR count). The SMILES string of the molecule is CCCCCC(=O)Nc1cc(-c2nc3ccc(C)cc3[nH]2)ccc1C.Cl. The van der Waals surface area contributed by atoms with E-state index in [1.807, 2.05) is 31.2 Å². The van der Waals surface area contributed by atoms with Crippen LogP contribution in [0.3, 0.4) is 0 Å². The zero-order valence-electron chi connectivity index (χ0n) is 15.6. The number of carbonyl (C=O) groups is 1. The summed E-state index contributed by atoms with van der Waals surface area (Å²) in [4.78, 5) is 20.2. The maximum atomic E-state index is 12.1. The van der Waals surface area contributed by atoms with Crippen molar-refractivity contribution in [3.63, 3.8) is 0 Å². The fourth-order valence-electron chi connectivity index (χ4n) is 2.91. The number of fused-ring (bicyclic) bond motifs is 1. The second-order valence-corrected chi connectivity index (χ2v) is 6.64. The number of benzene rings is 2. The third-order valence-corrected chi connectivity index (χ3v) is 4.43. The summed E-state index contributed by atoms with van der Waals surface area (Å²) in [7, 11) is 0. The van der Waals surface area contributed by atoms with Crippen molar-refractivity contribution in [1.82, 2.24) is 9.97 Å². The van der Waals surface area contributed by atoms with E-state index in [-0.39, 0.29) is 18.3 Å². The van der Waals surface area contributed by atoms with Crippen LogP contribution in [-0.4, -0.2) is 15.9 Å². The molecular weight excluding hydrogens is 346 g/mol. The van der Waals surface area contributed by atoms with E-state index in [1.54, 1.807) is 0 Å². The van der Waals surface area contributed by atoms with Crippen LogP contribution in [0.1, 0.15) is 43.7 Å². The van der Waals surface area contributed by atoms with Gasteiger partial charge in [-0.2, -0.15) is 0 Å². The smallest absolute Gasteiger partial charge is 0.224 e. The van der Waals surface area contributed by atoms with Gasteiger partial charge in [0.15, 0.2) is 0 Å². The Hall–Kier alpha value is -2.33. The maximum Gasteiger partial charge on any atom is 0.224 e. The minimum Gasteiger partial charge on any atom is -0.338 e. The third kappa shape index (κ3) is 4.64. The van der Waals surface area contributed by atoms with Crippen LogP contribution in [0.25, 0.3) is 22.4 Å². The van der Waals surface area contributed by atoms with Gasteiger partial charge in [-0.3, -0.25) is 4.79 Å². The number of aryl methyl sites for hydroxylation is 2. The van der Waals surface area contributed by atoms with Gasteiger partial charge in [0, 0.05) is 17.7 Å². The number of carbonyl (C=O) groups excluding carboxylic acids is 1. The third-order valence-electron chi connectivity index (χ3n) is 4.43. The molecule has 0 saturated heterocycles. The van der Waals surface area contributed by atoms with E-state index in [1.165, 1.54) is 5.56 Å². The van der Waals surface area contributed by atoms with Gasteiger partial charge in [-0.1, -0.05) is 38.0 Å². The molecule has 0 spiro atoms. The predicted molar refractivity (Wildman–Crippen MR) is 111 cm³/mol. The molecule has 3 aromatic rings. The van der Waals surface area contributed by atoms with E-state index < -0.39 is 0 Å². The van der Waals surface area contributed by atoms with E-state index in [2.05, 4.69) is 41.3 Å². The van der Waals surface area contributed by atoms with Crippen LogP contribution in [0.2, 0.25) is 0 Å². The highest BCUT2D eigenvalue weighted by Gasteiger charge is 2.10. The van der Waals surface area contributed by atoms with E-state index in [0.29, 0.717) is 6.42 Å².